The molecule has 1 N–H and O–H groups in total. The lowest BCUT2D eigenvalue weighted by Gasteiger charge is -2.06. The lowest BCUT2D eigenvalue weighted by molar-refractivity contribution is 0.623. The maximum absolute atomic E-state index is 12.9. The second-order valence-electron chi connectivity index (χ2n) is 4.05. The number of thiazole rings is 1. The Kier molecular flexibility index (Phi) is 4.86. The number of rotatable bonds is 5. The third-order valence-corrected chi connectivity index (χ3v) is 4.28. The summed E-state index contributed by atoms with van der Waals surface area (Å²) >= 11 is 5.05. The number of halogens is 2. The van der Waals surface area contributed by atoms with Crippen molar-refractivity contribution in [1.29, 1.82) is 0 Å². The molecule has 0 bridgehead atoms. The van der Waals surface area contributed by atoms with E-state index in [2.05, 4.69) is 31.6 Å². The molecule has 1 heterocycles. The van der Waals surface area contributed by atoms with Gasteiger partial charge in [0, 0.05) is 35.1 Å². The third kappa shape index (κ3) is 3.86. The fourth-order valence-corrected chi connectivity index (χ4v) is 2.87. The van der Waals surface area contributed by atoms with Crippen LogP contribution in [0.25, 0.3) is 0 Å². The van der Waals surface area contributed by atoms with Crippen LogP contribution in [0.4, 0.5) is 4.39 Å². The van der Waals surface area contributed by atoms with Crippen LogP contribution >= 0.6 is 27.3 Å². The van der Waals surface area contributed by atoms with Crippen LogP contribution in [0.5, 0.6) is 0 Å². The number of hydrogen-bond acceptors (Lipinski definition) is 3. The van der Waals surface area contributed by atoms with Crippen LogP contribution in [-0.4, -0.2) is 11.5 Å². The molecule has 0 fully saturated rings. The van der Waals surface area contributed by atoms with Crippen LogP contribution in [0.3, 0.4) is 0 Å². The van der Waals surface area contributed by atoms with Crippen molar-refractivity contribution in [2.45, 2.75) is 19.9 Å². The predicted octanol–water partition coefficient (Wildman–Crippen LogP) is 3.69. The van der Waals surface area contributed by atoms with Crippen molar-refractivity contribution in [3.05, 3.63) is 50.1 Å². The maximum atomic E-state index is 12.9. The summed E-state index contributed by atoms with van der Waals surface area (Å²) in [5.41, 5.74) is 2.14. The number of aromatic nitrogens is 1. The second kappa shape index (κ2) is 6.41. The minimum absolute atomic E-state index is 0.219. The molecule has 0 amide bonds. The van der Waals surface area contributed by atoms with Gasteiger partial charge in [-0.05, 0) is 24.6 Å². The van der Waals surface area contributed by atoms with Crippen LogP contribution in [0.2, 0.25) is 0 Å². The molecule has 0 unspecified atom stereocenters. The van der Waals surface area contributed by atoms with E-state index in [4.69, 9.17) is 0 Å². The number of hydrogen-bond donors (Lipinski definition) is 1. The Balaban J connectivity index is 1.78. The van der Waals surface area contributed by atoms with Gasteiger partial charge in [0.1, 0.15) is 5.82 Å². The zero-order valence-electron chi connectivity index (χ0n) is 10.0. The molecule has 0 atom stereocenters. The molecule has 0 spiro atoms. The van der Waals surface area contributed by atoms with E-state index in [9.17, 15) is 4.39 Å². The molecule has 96 valence electrons. The van der Waals surface area contributed by atoms with Crippen molar-refractivity contribution >= 4 is 27.3 Å². The van der Waals surface area contributed by atoms with Crippen LogP contribution < -0.4 is 5.32 Å². The van der Waals surface area contributed by atoms with E-state index in [-0.39, 0.29) is 5.82 Å². The first-order chi connectivity index (χ1) is 8.65. The molecule has 2 nitrogen and oxygen atoms in total. The van der Waals surface area contributed by atoms with Crippen LogP contribution in [0, 0.1) is 12.7 Å². The molecule has 1 aromatic carbocycles. The molecule has 0 aliphatic heterocycles. The Bertz CT molecular complexity index is 527. The number of nitrogens with zero attached hydrogens (tertiary/aromatic N) is 1. The highest BCUT2D eigenvalue weighted by Gasteiger charge is 2.02. The number of benzene rings is 1. The summed E-state index contributed by atoms with van der Waals surface area (Å²) in [6.45, 7) is 3.60. The summed E-state index contributed by atoms with van der Waals surface area (Å²) in [6, 6.07) is 4.76. The van der Waals surface area contributed by atoms with Crippen molar-refractivity contribution in [1.82, 2.24) is 10.3 Å². The van der Waals surface area contributed by atoms with E-state index in [1.165, 1.54) is 12.1 Å². The zero-order valence-corrected chi connectivity index (χ0v) is 12.4. The highest BCUT2D eigenvalue weighted by Crippen LogP contribution is 2.17. The van der Waals surface area contributed by atoms with Crippen molar-refractivity contribution in [2.75, 3.05) is 6.54 Å². The molecular weight excluding hydrogens is 315 g/mol. The lowest BCUT2D eigenvalue weighted by atomic mass is 10.2. The van der Waals surface area contributed by atoms with Crippen LogP contribution in [-0.2, 0) is 13.0 Å². The predicted molar refractivity (Wildman–Crippen MR) is 76.4 cm³/mol. The summed E-state index contributed by atoms with van der Waals surface area (Å²) in [4.78, 5) is 4.40. The first-order valence-corrected chi connectivity index (χ1v) is 7.38. The van der Waals surface area contributed by atoms with E-state index >= 15 is 0 Å². The fraction of sp³-hybridized carbons (Fsp3) is 0.308. The van der Waals surface area contributed by atoms with Gasteiger partial charge in [0.2, 0.25) is 0 Å². The SMILES string of the molecule is Cc1csc(CCNCc2ccc(F)cc2Br)n1. The quantitative estimate of drug-likeness (QED) is 0.847. The summed E-state index contributed by atoms with van der Waals surface area (Å²) < 4.78 is 13.7. The highest BCUT2D eigenvalue weighted by molar-refractivity contribution is 9.10. The average Bonchev–Trinajstić information content (AvgIpc) is 2.73. The standard InChI is InChI=1S/C13H14BrFN2S/c1-9-8-18-13(17-9)4-5-16-7-10-2-3-11(15)6-12(10)14/h2-3,6,8,16H,4-5,7H2,1H3. The summed E-state index contributed by atoms with van der Waals surface area (Å²) in [5, 5.41) is 6.55. The monoisotopic (exact) mass is 328 g/mol. The Morgan fingerprint density at radius 1 is 1.44 bits per heavy atom. The molecule has 0 saturated heterocycles. The van der Waals surface area contributed by atoms with Crippen molar-refractivity contribution in [2.24, 2.45) is 0 Å². The third-order valence-electron chi connectivity index (χ3n) is 2.51. The zero-order chi connectivity index (χ0) is 13.0. The fourth-order valence-electron chi connectivity index (χ4n) is 1.60. The number of aryl methyl sites for hydroxylation is 1. The first-order valence-electron chi connectivity index (χ1n) is 5.71. The topological polar surface area (TPSA) is 24.9 Å². The molecule has 1 aromatic heterocycles. The largest absolute Gasteiger partial charge is 0.312 e. The molecule has 5 heteroatoms. The van der Waals surface area contributed by atoms with Gasteiger partial charge in [-0.1, -0.05) is 22.0 Å². The smallest absolute Gasteiger partial charge is 0.124 e. The Labute approximate surface area is 118 Å². The minimum atomic E-state index is -0.219. The summed E-state index contributed by atoms with van der Waals surface area (Å²) in [7, 11) is 0. The molecule has 18 heavy (non-hydrogen) atoms. The Morgan fingerprint density at radius 2 is 2.28 bits per heavy atom. The highest BCUT2D eigenvalue weighted by atomic mass is 79.9. The van der Waals surface area contributed by atoms with Crippen molar-refractivity contribution in [3.8, 4) is 0 Å². The second-order valence-corrected chi connectivity index (χ2v) is 5.84. The normalized spacial score (nSPS) is 10.8. The van der Waals surface area contributed by atoms with E-state index in [0.717, 1.165) is 40.2 Å². The molecular formula is C13H14BrFN2S. The van der Waals surface area contributed by atoms with Gasteiger partial charge < -0.3 is 5.32 Å². The molecule has 2 rings (SSSR count). The first kappa shape index (κ1) is 13.6. The van der Waals surface area contributed by atoms with Crippen LogP contribution in [0.15, 0.2) is 28.1 Å². The molecule has 0 saturated carbocycles. The molecule has 0 radical (unpaired) electrons. The lowest BCUT2D eigenvalue weighted by Crippen LogP contribution is -2.17. The van der Waals surface area contributed by atoms with Crippen LogP contribution in [0.1, 0.15) is 16.3 Å². The van der Waals surface area contributed by atoms with Gasteiger partial charge in [0.05, 0.1) is 5.01 Å². The van der Waals surface area contributed by atoms with Gasteiger partial charge >= 0.3 is 0 Å². The van der Waals surface area contributed by atoms with E-state index < -0.39 is 0 Å². The molecule has 0 aliphatic rings. The summed E-state index contributed by atoms with van der Waals surface area (Å²) in [6.07, 6.45) is 0.928. The molecule has 2 aromatic rings. The minimum Gasteiger partial charge on any atom is -0.312 e. The van der Waals surface area contributed by atoms with E-state index in [0.29, 0.717) is 0 Å². The van der Waals surface area contributed by atoms with E-state index in [1.54, 1.807) is 17.4 Å². The van der Waals surface area contributed by atoms with Gasteiger partial charge in [-0.2, -0.15) is 0 Å². The van der Waals surface area contributed by atoms with Crippen molar-refractivity contribution < 1.29 is 4.39 Å². The van der Waals surface area contributed by atoms with Gasteiger partial charge in [-0.15, -0.1) is 11.3 Å². The van der Waals surface area contributed by atoms with E-state index in [1.807, 2.05) is 6.92 Å². The van der Waals surface area contributed by atoms with Gasteiger partial charge in [-0.25, -0.2) is 9.37 Å². The van der Waals surface area contributed by atoms with Crippen molar-refractivity contribution in [3.63, 3.8) is 0 Å². The summed E-state index contributed by atoms with van der Waals surface area (Å²) in [5.74, 6) is -0.219. The Morgan fingerprint density at radius 3 is 2.94 bits per heavy atom. The Hall–Kier alpha value is -0.780. The van der Waals surface area contributed by atoms with Gasteiger partial charge in [0.15, 0.2) is 0 Å². The molecule has 0 aliphatic carbocycles. The van der Waals surface area contributed by atoms with Gasteiger partial charge in [-0.3, -0.25) is 0 Å². The number of nitrogens with one attached hydrogen (secondary N) is 1. The van der Waals surface area contributed by atoms with Gasteiger partial charge in [0.25, 0.3) is 0 Å². The average molecular weight is 329 g/mol. The maximum Gasteiger partial charge on any atom is 0.124 e.